The summed E-state index contributed by atoms with van der Waals surface area (Å²) in [6.45, 7) is 7.79. The first-order chi connectivity index (χ1) is 16.5. The molecule has 0 bridgehead atoms. The Morgan fingerprint density at radius 2 is 1.86 bits per heavy atom. The van der Waals surface area contributed by atoms with Crippen molar-refractivity contribution >= 4 is 24.8 Å². The summed E-state index contributed by atoms with van der Waals surface area (Å²) in [5.74, 6) is -2.34. The van der Waals surface area contributed by atoms with Gasteiger partial charge in [-0.25, -0.2) is 4.98 Å². The highest BCUT2D eigenvalue weighted by Gasteiger charge is 2.30. The largest absolute Gasteiger partial charge is 0.475 e. The summed E-state index contributed by atoms with van der Waals surface area (Å²) in [5, 5.41) is 36.3. The predicted molar refractivity (Wildman–Crippen MR) is 130 cm³/mol. The SMILES string of the molecule is CC(C)C=C(C#N)C(=O)NCCCCC(NC(=O)c1cnccn1)C(=O)N[C@@H](CC(C)C)B(O)O. The molecule has 3 amide bonds. The van der Waals surface area contributed by atoms with Gasteiger partial charge in [-0.1, -0.05) is 33.8 Å². The van der Waals surface area contributed by atoms with Crippen LogP contribution in [0.3, 0.4) is 0 Å². The van der Waals surface area contributed by atoms with Crippen molar-refractivity contribution in [1.29, 1.82) is 5.26 Å². The minimum atomic E-state index is -1.75. The van der Waals surface area contributed by atoms with Crippen LogP contribution in [0.15, 0.2) is 30.2 Å². The molecule has 0 saturated heterocycles. The maximum atomic E-state index is 12.9. The standard InChI is InChI=1S/C23H35BN6O5/c1-15(2)11-17(13-25)21(31)28-8-6-5-7-18(29-23(33)19-14-26-9-10-27-19)22(32)30-20(24(34)35)12-16(3)4/h9-11,14-16,18,20,34-35H,5-8,12H2,1-4H3,(H,28,31)(H,29,33)(H,30,32)/t18?,20-/m0/s1. The molecule has 2 atom stereocenters. The Kier molecular flexibility index (Phi) is 13.2. The van der Waals surface area contributed by atoms with Gasteiger partial charge in [-0.05, 0) is 37.5 Å². The van der Waals surface area contributed by atoms with Gasteiger partial charge in [0.05, 0.1) is 12.1 Å². The van der Waals surface area contributed by atoms with E-state index in [9.17, 15) is 24.4 Å². The van der Waals surface area contributed by atoms with Gasteiger partial charge in [0, 0.05) is 18.9 Å². The molecule has 0 aliphatic rings. The number of aromatic nitrogens is 2. The van der Waals surface area contributed by atoms with E-state index in [1.165, 1.54) is 18.6 Å². The first-order valence-electron chi connectivity index (χ1n) is 11.7. The minimum absolute atomic E-state index is 0.0412. The molecule has 1 aromatic rings. The Bertz CT molecular complexity index is 901. The van der Waals surface area contributed by atoms with Crippen LogP contribution in [0.1, 0.15) is 63.9 Å². The van der Waals surface area contributed by atoms with E-state index in [0.717, 1.165) is 0 Å². The minimum Gasteiger partial charge on any atom is -0.426 e. The Morgan fingerprint density at radius 1 is 1.14 bits per heavy atom. The molecule has 11 nitrogen and oxygen atoms in total. The van der Waals surface area contributed by atoms with E-state index in [1.807, 2.05) is 33.8 Å². The average molecular weight is 486 g/mol. The second-order valence-electron chi connectivity index (χ2n) is 8.96. The van der Waals surface area contributed by atoms with E-state index >= 15 is 0 Å². The van der Waals surface area contributed by atoms with Gasteiger partial charge in [-0.3, -0.25) is 19.4 Å². The molecule has 190 valence electrons. The Hall–Kier alpha value is -3.30. The van der Waals surface area contributed by atoms with Crippen LogP contribution in [0, 0.1) is 23.2 Å². The molecule has 35 heavy (non-hydrogen) atoms. The summed E-state index contributed by atoms with van der Waals surface area (Å²) in [6.07, 6.45) is 7.17. The molecule has 0 saturated carbocycles. The van der Waals surface area contributed by atoms with Crippen molar-refractivity contribution in [3.8, 4) is 6.07 Å². The highest BCUT2D eigenvalue weighted by atomic mass is 16.4. The van der Waals surface area contributed by atoms with Gasteiger partial charge in [-0.2, -0.15) is 5.26 Å². The van der Waals surface area contributed by atoms with Gasteiger partial charge in [0.15, 0.2) is 0 Å². The van der Waals surface area contributed by atoms with Crippen molar-refractivity contribution < 1.29 is 24.4 Å². The van der Waals surface area contributed by atoms with E-state index in [-0.39, 0.29) is 36.1 Å². The molecule has 1 aromatic heterocycles. The summed E-state index contributed by atoms with van der Waals surface area (Å²) >= 11 is 0. The fraction of sp³-hybridized carbons (Fsp3) is 0.565. The number of amides is 3. The van der Waals surface area contributed by atoms with Crippen LogP contribution in [0.25, 0.3) is 0 Å². The van der Waals surface area contributed by atoms with Gasteiger partial charge < -0.3 is 26.0 Å². The summed E-state index contributed by atoms with van der Waals surface area (Å²) in [4.78, 5) is 45.3. The Labute approximate surface area is 206 Å². The number of hydrogen-bond acceptors (Lipinski definition) is 8. The smallest absolute Gasteiger partial charge is 0.426 e. The van der Waals surface area contributed by atoms with Gasteiger partial charge in [0.25, 0.3) is 11.8 Å². The fourth-order valence-electron chi connectivity index (χ4n) is 3.23. The number of hydrogen-bond donors (Lipinski definition) is 5. The van der Waals surface area contributed by atoms with Crippen LogP contribution in [0.4, 0.5) is 0 Å². The summed E-state index contributed by atoms with van der Waals surface area (Å²) in [6, 6.07) is 0.913. The lowest BCUT2D eigenvalue weighted by molar-refractivity contribution is -0.123. The van der Waals surface area contributed by atoms with Crippen molar-refractivity contribution in [2.75, 3.05) is 6.54 Å². The number of nitrogens with one attached hydrogen (secondary N) is 3. The number of allylic oxidation sites excluding steroid dienone is 1. The molecule has 1 heterocycles. The van der Waals surface area contributed by atoms with E-state index < -0.39 is 36.8 Å². The molecule has 0 radical (unpaired) electrons. The second kappa shape index (κ2) is 15.6. The lowest BCUT2D eigenvalue weighted by atomic mass is 9.75. The van der Waals surface area contributed by atoms with Crippen LogP contribution < -0.4 is 16.0 Å². The van der Waals surface area contributed by atoms with Crippen LogP contribution in [0.2, 0.25) is 0 Å². The predicted octanol–water partition coefficient (Wildman–Crippen LogP) is 0.510. The molecule has 12 heteroatoms. The molecular weight excluding hydrogens is 451 g/mol. The van der Waals surface area contributed by atoms with Crippen molar-refractivity contribution in [3.05, 3.63) is 35.9 Å². The van der Waals surface area contributed by atoms with E-state index in [1.54, 1.807) is 6.08 Å². The van der Waals surface area contributed by atoms with Gasteiger partial charge in [-0.15, -0.1) is 0 Å². The molecule has 0 aliphatic heterocycles. The van der Waals surface area contributed by atoms with Crippen LogP contribution in [-0.2, 0) is 9.59 Å². The summed E-state index contributed by atoms with van der Waals surface area (Å²) in [5.41, 5.74) is 0.0895. The average Bonchev–Trinajstić information content (AvgIpc) is 2.80. The van der Waals surface area contributed by atoms with Crippen LogP contribution in [0.5, 0.6) is 0 Å². The number of carbonyl (C=O) groups excluding carboxylic acids is 3. The molecule has 1 unspecified atom stereocenters. The number of carbonyl (C=O) groups is 3. The molecule has 0 aromatic carbocycles. The summed E-state index contributed by atoms with van der Waals surface area (Å²) < 4.78 is 0. The fourth-order valence-corrected chi connectivity index (χ4v) is 3.23. The number of unbranched alkanes of at least 4 members (excludes halogenated alkanes) is 1. The summed E-state index contributed by atoms with van der Waals surface area (Å²) in [7, 11) is -1.75. The van der Waals surface area contributed by atoms with E-state index in [4.69, 9.17) is 5.26 Å². The van der Waals surface area contributed by atoms with Gasteiger partial charge in [0.1, 0.15) is 23.4 Å². The van der Waals surface area contributed by atoms with Crippen LogP contribution >= 0.6 is 0 Å². The first-order valence-corrected chi connectivity index (χ1v) is 11.7. The van der Waals surface area contributed by atoms with Crippen molar-refractivity contribution in [1.82, 2.24) is 25.9 Å². The quantitative estimate of drug-likeness (QED) is 0.109. The Balaban J connectivity index is 2.77. The molecule has 1 rings (SSSR count). The highest BCUT2D eigenvalue weighted by Crippen LogP contribution is 2.09. The maximum absolute atomic E-state index is 12.9. The molecule has 5 N–H and O–H groups in total. The lowest BCUT2D eigenvalue weighted by Crippen LogP contribution is -2.54. The topological polar surface area (TPSA) is 177 Å². The lowest BCUT2D eigenvalue weighted by Gasteiger charge is -2.24. The molecule has 0 spiro atoms. The monoisotopic (exact) mass is 486 g/mol. The Morgan fingerprint density at radius 3 is 2.40 bits per heavy atom. The first kappa shape index (κ1) is 29.7. The van der Waals surface area contributed by atoms with Gasteiger partial charge >= 0.3 is 7.12 Å². The van der Waals surface area contributed by atoms with Crippen molar-refractivity contribution in [2.45, 2.75) is 65.4 Å². The number of nitriles is 1. The van der Waals surface area contributed by atoms with Crippen molar-refractivity contribution in [2.24, 2.45) is 11.8 Å². The zero-order chi connectivity index (χ0) is 26.4. The third-order valence-electron chi connectivity index (χ3n) is 4.90. The second-order valence-corrected chi connectivity index (χ2v) is 8.96. The molecule has 0 fully saturated rings. The van der Waals surface area contributed by atoms with E-state index in [2.05, 4.69) is 25.9 Å². The number of nitrogens with zero attached hydrogens (tertiary/aromatic N) is 3. The third-order valence-corrected chi connectivity index (χ3v) is 4.90. The maximum Gasteiger partial charge on any atom is 0.475 e. The zero-order valence-corrected chi connectivity index (χ0v) is 20.7. The third kappa shape index (κ3) is 11.6. The van der Waals surface area contributed by atoms with Crippen LogP contribution in [-0.4, -0.2) is 63.4 Å². The highest BCUT2D eigenvalue weighted by molar-refractivity contribution is 6.43. The van der Waals surface area contributed by atoms with Gasteiger partial charge in [0.2, 0.25) is 5.91 Å². The van der Waals surface area contributed by atoms with E-state index in [0.29, 0.717) is 19.3 Å². The normalized spacial score (nSPS) is 13.1. The molecule has 0 aliphatic carbocycles. The van der Waals surface area contributed by atoms with Crippen molar-refractivity contribution in [3.63, 3.8) is 0 Å². The molecular formula is C23H35BN6O5. The number of rotatable bonds is 14. The zero-order valence-electron chi connectivity index (χ0n) is 20.7.